The summed E-state index contributed by atoms with van der Waals surface area (Å²) in [6, 6.07) is 0. The molecule has 1 fully saturated rings. The van der Waals surface area contributed by atoms with Crippen LogP contribution in [-0.2, 0) is 0 Å². The molecule has 0 heteroatoms. The minimum absolute atomic E-state index is 0.205. The van der Waals surface area contributed by atoms with E-state index in [1.807, 2.05) is 0 Å². The van der Waals surface area contributed by atoms with Crippen LogP contribution < -0.4 is 0 Å². The third kappa shape index (κ3) is 1.07. The van der Waals surface area contributed by atoms with Gasteiger partial charge in [-0.2, -0.15) is 0 Å². The van der Waals surface area contributed by atoms with Gasteiger partial charge < -0.3 is 0 Å². The van der Waals surface area contributed by atoms with Gasteiger partial charge in [-0.3, -0.25) is 0 Å². The van der Waals surface area contributed by atoms with Crippen LogP contribution in [0.25, 0.3) is 0 Å². The van der Waals surface area contributed by atoms with E-state index in [2.05, 4.69) is 33.6 Å². The fourth-order valence-corrected chi connectivity index (χ4v) is 1.77. The molecule has 0 aromatic heterocycles. The first-order valence-electron chi connectivity index (χ1n) is 3.97. The summed E-state index contributed by atoms with van der Waals surface area (Å²) < 4.78 is 0. The predicted molar refractivity (Wildman–Crippen MR) is 50.4 cm³/mol. The van der Waals surface area contributed by atoms with Gasteiger partial charge in [-0.25, -0.2) is 0 Å². The Morgan fingerprint density at radius 3 is 1.64 bits per heavy atom. The Morgan fingerprint density at radius 2 is 1.55 bits per heavy atom. The number of rotatable bonds is 2. The second kappa shape index (κ2) is 2.37. The summed E-state index contributed by atoms with van der Waals surface area (Å²) in [6.45, 7) is 16.1. The van der Waals surface area contributed by atoms with Gasteiger partial charge in [0.25, 0.3) is 0 Å². The number of hydrogen-bond donors (Lipinski definition) is 0. The van der Waals surface area contributed by atoms with E-state index in [1.54, 1.807) is 0 Å². The van der Waals surface area contributed by atoms with Crippen molar-refractivity contribution in [2.45, 2.75) is 26.7 Å². The molecule has 1 saturated carbocycles. The molecule has 11 heavy (non-hydrogen) atoms. The molecule has 0 amide bonds. The molecule has 0 aromatic carbocycles. The molecule has 0 unspecified atom stereocenters. The van der Waals surface area contributed by atoms with Crippen LogP contribution in [-0.4, -0.2) is 0 Å². The van der Waals surface area contributed by atoms with Crippen LogP contribution in [0.5, 0.6) is 0 Å². The largest absolute Gasteiger partial charge is 0.0998 e. The first-order chi connectivity index (χ1) is 4.99. The molecule has 0 atom stereocenters. The van der Waals surface area contributed by atoms with E-state index in [9.17, 15) is 0 Å². The predicted octanol–water partition coefficient (Wildman–Crippen LogP) is 3.48. The molecule has 0 N–H and O–H groups in total. The van der Waals surface area contributed by atoms with Crippen LogP contribution in [0.3, 0.4) is 0 Å². The molecule has 0 spiro atoms. The van der Waals surface area contributed by atoms with Crippen molar-refractivity contribution in [1.82, 2.24) is 0 Å². The highest BCUT2D eigenvalue weighted by Gasteiger charge is 2.40. The lowest BCUT2D eigenvalue weighted by Gasteiger charge is -2.45. The lowest BCUT2D eigenvalue weighted by Crippen LogP contribution is -2.32. The Balaban J connectivity index is 2.85. The maximum Gasteiger partial charge on any atom is 0.0183 e. The monoisotopic (exact) mass is 148 g/mol. The molecule has 0 aliphatic heterocycles. The standard InChI is InChI=1S/C11H16/c1-8(2)11(9(3)4)6-10(5)7-11/h1,3,5-7H2,2,4H3. The van der Waals surface area contributed by atoms with Gasteiger partial charge in [0.15, 0.2) is 0 Å². The van der Waals surface area contributed by atoms with E-state index in [4.69, 9.17) is 0 Å². The van der Waals surface area contributed by atoms with E-state index in [1.165, 1.54) is 16.7 Å². The van der Waals surface area contributed by atoms with Crippen molar-refractivity contribution < 1.29 is 0 Å². The summed E-state index contributed by atoms with van der Waals surface area (Å²) in [5, 5.41) is 0. The van der Waals surface area contributed by atoms with Gasteiger partial charge >= 0.3 is 0 Å². The second-order valence-electron chi connectivity index (χ2n) is 3.75. The van der Waals surface area contributed by atoms with Gasteiger partial charge in [-0.1, -0.05) is 36.5 Å². The lowest BCUT2D eigenvalue weighted by molar-refractivity contribution is 0.332. The highest BCUT2D eigenvalue weighted by atomic mass is 14.4. The molecule has 0 saturated heterocycles. The topological polar surface area (TPSA) is 0 Å². The number of hydrogen-bond acceptors (Lipinski definition) is 0. The maximum absolute atomic E-state index is 4.00. The molecule has 1 rings (SSSR count). The Morgan fingerprint density at radius 1 is 1.18 bits per heavy atom. The third-order valence-corrected chi connectivity index (χ3v) is 2.74. The van der Waals surface area contributed by atoms with Gasteiger partial charge in [0, 0.05) is 5.41 Å². The van der Waals surface area contributed by atoms with Crippen molar-refractivity contribution in [2.24, 2.45) is 5.41 Å². The summed E-state index contributed by atoms with van der Waals surface area (Å²) in [5.41, 5.74) is 4.00. The molecule has 0 aromatic rings. The van der Waals surface area contributed by atoms with E-state index in [0.717, 1.165) is 12.8 Å². The highest BCUT2D eigenvalue weighted by molar-refractivity contribution is 5.36. The first kappa shape index (κ1) is 8.32. The Kier molecular flexibility index (Phi) is 1.79. The van der Waals surface area contributed by atoms with Crippen molar-refractivity contribution >= 4 is 0 Å². The zero-order valence-electron chi connectivity index (χ0n) is 7.54. The van der Waals surface area contributed by atoms with E-state index in [0.29, 0.717) is 0 Å². The van der Waals surface area contributed by atoms with Crippen molar-refractivity contribution in [3.63, 3.8) is 0 Å². The Hall–Kier alpha value is -0.780. The number of allylic oxidation sites excluding steroid dienone is 3. The van der Waals surface area contributed by atoms with Crippen molar-refractivity contribution in [2.75, 3.05) is 0 Å². The summed E-state index contributed by atoms with van der Waals surface area (Å²) >= 11 is 0. The van der Waals surface area contributed by atoms with Crippen LogP contribution >= 0.6 is 0 Å². The van der Waals surface area contributed by atoms with Gasteiger partial charge in [-0.05, 0) is 26.7 Å². The zero-order chi connectivity index (χ0) is 8.65. The molecule has 60 valence electrons. The normalized spacial score (nSPS) is 20.7. The van der Waals surface area contributed by atoms with Crippen molar-refractivity contribution in [1.29, 1.82) is 0 Å². The molecule has 1 aliphatic rings. The van der Waals surface area contributed by atoms with Crippen LogP contribution in [0, 0.1) is 5.41 Å². The van der Waals surface area contributed by atoms with Crippen molar-refractivity contribution in [3.8, 4) is 0 Å². The Labute approximate surface area is 69.3 Å². The molecule has 0 bridgehead atoms. The first-order valence-corrected chi connectivity index (χ1v) is 3.97. The van der Waals surface area contributed by atoms with Crippen LogP contribution in [0.1, 0.15) is 26.7 Å². The molecule has 0 nitrogen and oxygen atoms in total. The summed E-state index contributed by atoms with van der Waals surface area (Å²) in [5.74, 6) is 0. The summed E-state index contributed by atoms with van der Waals surface area (Å²) in [6.07, 6.45) is 2.13. The van der Waals surface area contributed by atoms with Crippen LogP contribution in [0.4, 0.5) is 0 Å². The van der Waals surface area contributed by atoms with Gasteiger partial charge in [-0.15, -0.1) is 0 Å². The van der Waals surface area contributed by atoms with Gasteiger partial charge in [0.2, 0.25) is 0 Å². The smallest absolute Gasteiger partial charge is 0.0183 e. The second-order valence-corrected chi connectivity index (χ2v) is 3.75. The molecule has 1 aliphatic carbocycles. The van der Waals surface area contributed by atoms with E-state index in [-0.39, 0.29) is 5.41 Å². The molecular weight excluding hydrogens is 132 g/mol. The van der Waals surface area contributed by atoms with E-state index >= 15 is 0 Å². The Bertz CT molecular complexity index is 206. The van der Waals surface area contributed by atoms with Crippen molar-refractivity contribution in [3.05, 3.63) is 36.5 Å². The van der Waals surface area contributed by atoms with E-state index < -0.39 is 0 Å². The third-order valence-electron chi connectivity index (χ3n) is 2.74. The minimum Gasteiger partial charge on any atom is -0.0998 e. The highest BCUT2D eigenvalue weighted by Crippen LogP contribution is 2.53. The summed E-state index contributed by atoms with van der Waals surface area (Å²) in [4.78, 5) is 0. The fraction of sp³-hybridized carbons (Fsp3) is 0.455. The quantitative estimate of drug-likeness (QED) is 0.526. The zero-order valence-corrected chi connectivity index (χ0v) is 7.54. The average Bonchev–Trinajstić information content (AvgIpc) is 1.78. The lowest BCUT2D eigenvalue weighted by atomic mass is 9.59. The average molecular weight is 148 g/mol. The van der Waals surface area contributed by atoms with Crippen LogP contribution in [0.15, 0.2) is 36.5 Å². The van der Waals surface area contributed by atoms with Crippen LogP contribution in [0.2, 0.25) is 0 Å². The minimum atomic E-state index is 0.205. The molecule has 0 radical (unpaired) electrons. The maximum atomic E-state index is 4.00. The molecule has 0 heterocycles. The van der Waals surface area contributed by atoms with Gasteiger partial charge in [0.1, 0.15) is 0 Å². The van der Waals surface area contributed by atoms with Gasteiger partial charge in [0.05, 0.1) is 0 Å². The molecular formula is C11H16. The SMILES string of the molecule is C=C1CC(C(=C)C)(C(=C)C)C1. The fourth-order valence-electron chi connectivity index (χ4n) is 1.77. The summed E-state index contributed by atoms with van der Waals surface area (Å²) in [7, 11) is 0.